The largest absolute Gasteiger partial charge is 0.493 e. The number of aliphatic hydroxyl groups excluding tert-OH is 1. The molecule has 2 aromatic rings. The molecule has 2 fully saturated rings. The Morgan fingerprint density at radius 3 is 2.63 bits per heavy atom. The van der Waals surface area contributed by atoms with Crippen LogP contribution in [0.3, 0.4) is 0 Å². The molecule has 30 heavy (non-hydrogen) atoms. The van der Waals surface area contributed by atoms with E-state index in [0.717, 1.165) is 36.3 Å². The van der Waals surface area contributed by atoms with Crippen molar-refractivity contribution in [3.63, 3.8) is 0 Å². The van der Waals surface area contributed by atoms with Gasteiger partial charge in [0, 0.05) is 0 Å². The van der Waals surface area contributed by atoms with E-state index in [1.807, 2.05) is 18.2 Å². The summed E-state index contributed by atoms with van der Waals surface area (Å²) < 4.78 is 12.0. The molecule has 2 saturated carbocycles. The van der Waals surface area contributed by atoms with Crippen molar-refractivity contribution in [3.05, 3.63) is 59.2 Å². The number of benzene rings is 2. The zero-order valence-electron chi connectivity index (χ0n) is 18.4. The minimum absolute atomic E-state index is 0.107. The molecule has 0 spiro atoms. The lowest BCUT2D eigenvalue weighted by Gasteiger charge is -2.52. The van der Waals surface area contributed by atoms with E-state index in [2.05, 4.69) is 38.1 Å². The minimum Gasteiger partial charge on any atom is -0.493 e. The molecule has 160 valence electrons. The van der Waals surface area contributed by atoms with Gasteiger partial charge in [-0.25, -0.2) is 0 Å². The smallest absolute Gasteiger partial charge is 0.161 e. The summed E-state index contributed by atoms with van der Waals surface area (Å²) in [6.45, 7) is 5.32. The lowest BCUT2D eigenvalue weighted by atomic mass is 9.53. The van der Waals surface area contributed by atoms with Gasteiger partial charge in [-0.3, -0.25) is 0 Å². The first-order chi connectivity index (χ1) is 14.5. The highest BCUT2D eigenvalue weighted by molar-refractivity contribution is 5.50. The molecule has 5 rings (SSSR count). The average molecular weight is 407 g/mol. The predicted octanol–water partition coefficient (Wildman–Crippen LogP) is 5.74. The number of hydrogen-bond donors (Lipinski definition) is 1. The molecule has 0 radical (unpaired) electrons. The van der Waals surface area contributed by atoms with Crippen LogP contribution in [0.5, 0.6) is 11.5 Å². The maximum Gasteiger partial charge on any atom is 0.161 e. The third-order valence-corrected chi connectivity index (χ3v) is 8.54. The molecule has 0 aromatic heterocycles. The van der Waals surface area contributed by atoms with Gasteiger partial charge >= 0.3 is 0 Å². The van der Waals surface area contributed by atoms with Crippen molar-refractivity contribution >= 4 is 0 Å². The van der Waals surface area contributed by atoms with Gasteiger partial charge in [-0.15, -0.1) is 0 Å². The monoisotopic (exact) mass is 406 g/mol. The van der Waals surface area contributed by atoms with Crippen molar-refractivity contribution in [2.75, 3.05) is 7.11 Å². The zero-order chi connectivity index (χ0) is 20.9. The van der Waals surface area contributed by atoms with Crippen molar-refractivity contribution in [1.82, 2.24) is 0 Å². The summed E-state index contributed by atoms with van der Waals surface area (Å²) in [5.74, 6) is 4.20. The quantitative estimate of drug-likeness (QED) is 0.704. The Morgan fingerprint density at radius 2 is 1.87 bits per heavy atom. The van der Waals surface area contributed by atoms with Crippen LogP contribution in [0, 0.1) is 23.2 Å². The van der Waals surface area contributed by atoms with Crippen LogP contribution in [-0.4, -0.2) is 18.3 Å². The van der Waals surface area contributed by atoms with Gasteiger partial charge in [-0.1, -0.05) is 44.2 Å². The molecule has 0 bridgehead atoms. The van der Waals surface area contributed by atoms with Gasteiger partial charge in [0.25, 0.3) is 0 Å². The molecule has 0 heterocycles. The second kappa shape index (κ2) is 7.60. The van der Waals surface area contributed by atoms with E-state index in [1.54, 1.807) is 7.11 Å². The van der Waals surface area contributed by atoms with E-state index >= 15 is 0 Å². The van der Waals surface area contributed by atoms with Crippen molar-refractivity contribution in [2.45, 2.75) is 64.6 Å². The predicted molar refractivity (Wildman–Crippen MR) is 119 cm³/mol. The van der Waals surface area contributed by atoms with E-state index in [1.165, 1.54) is 24.0 Å². The van der Waals surface area contributed by atoms with Crippen LogP contribution in [0.15, 0.2) is 42.5 Å². The van der Waals surface area contributed by atoms with Gasteiger partial charge in [-0.05, 0) is 90.0 Å². The summed E-state index contributed by atoms with van der Waals surface area (Å²) in [6, 6.07) is 14.8. The summed E-state index contributed by atoms with van der Waals surface area (Å²) >= 11 is 0. The SMILES string of the molecule is COc1cc2c(cc1OCc1ccccc1)C[C@@H](C)[C@@H]1[C@@H]2CC[C@]2(C)[C@@H](O)CC[C@@H]12. The Balaban J connectivity index is 1.45. The molecule has 0 unspecified atom stereocenters. The molecule has 0 amide bonds. The van der Waals surface area contributed by atoms with Gasteiger partial charge in [0.1, 0.15) is 6.61 Å². The molecular formula is C27H34O3. The van der Waals surface area contributed by atoms with Crippen molar-refractivity contribution in [1.29, 1.82) is 0 Å². The van der Waals surface area contributed by atoms with Gasteiger partial charge in [0.2, 0.25) is 0 Å². The second-order valence-electron chi connectivity index (χ2n) is 10.1. The van der Waals surface area contributed by atoms with Gasteiger partial charge in [-0.2, -0.15) is 0 Å². The molecule has 3 nitrogen and oxygen atoms in total. The number of ether oxygens (including phenoxy) is 2. The van der Waals surface area contributed by atoms with Crippen LogP contribution in [-0.2, 0) is 13.0 Å². The third-order valence-electron chi connectivity index (χ3n) is 8.54. The van der Waals surface area contributed by atoms with Crippen LogP contribution in [0.25, 0.3) is 0 Å². The van der Waals surface area contributed by atoms with Crippen LogP contribution < -0.4 is 9.47 Å². The Morgan fingerprint density at radius 1 is 1.07 bits per heavy atom. The highest BCUT2D eigenvalue weighted by Crippen LogP contribution is 2.62. The molecule has 3 aliphatic carbocycles. The molecule has 1 N–H and O–H groups in total. The second-order valence-corrected chi connectivity index (χ2v) is 10.1. The Bertz CT molecular complexity index is 908. The summed E-state index contributed by atoms with van der Waals surface area (Å²) in [5, 5.41) is 10.7. The zero-order valence-corrected chi connectivity index (χ0v) is 18.4. The van der Waals surface area contributed by atoms with E-state index in [4.69, 9.17) is 9.47 Å². The van der Waals surface area contributed by atoms with Gasteiger partial charge < -0.3 is 14.6 Å². The summed E-state index contributed by atoms with van der Waals surface area (Å²) in [5.41, 5.74) is 4.16. The number of hydrogen-bond acceptors (Lipinski definition) is 3. The maximum absolute atomic E-state index is 10.7. The fourth-order valence-electron chi connectivity index (χ4n) is 6.95. The maximum atomic E-state index is 10.7. The standard InChI is InChI=1S/C27H34O3/c1-17-13-19-14-24(30-16-18-7-5-4-6-8-18)23(29-3)15-21(19)20-11-12-27(2)22(26(17)20)9-10-25(27)28/h4-8,14-15,17,20,22,25-26,28H,9-13,16H2,1-3H3/t17-,20-,22+,25+,26-,27+/m1/s1. The van der Waals surface area contributed by atoms with Crippen LogP contribution in [0.4, 0.5) is 0 Å². The molecule has 2 aromatic carbocycles. The first-order valence-corrected chi connectivity index (χ1v) is 11.6. The van der Waals surface area contributed by atoms with Gasteiger partial charge in [0.15, 0.2) is 11.5 Å². The fourth-order valence-corrected chi connectivity index (χ4v) is 6.95. The van der Waals surface area contributed by atoms with Crippen LogP contribution >= 0.6 is 0 Å². The molecule has 0 aliphatic heterocycles. The molecule has 6 atom stereocenters. The molecule has 3 aliphatic rings. The Hall–Kier alpha value is -2.00. The van der Waals surface area contributed by atoms with Crippen molar-refractivity contribution in [2.24, 2.45) is 23.2 Å². The van der Waals surface area contributed by atoms with Crippen LogP contribution in [0.2, 0.25) is 0 Å². The Kier molecular flexibility index (Phi) is 5.05. The number of methoxy groups -OCH3 is 1. The highest BCUT2D eigenvalue weighted by atomic mass is 16.5. The number of aliphatic hydroxyl groups is 1. The first kappa shape index (κ1) is 19.9. The van der Waals surface area contributed by atoms with Gasteiger partial charge in [0.05, 0.1) is 13.2 Å². The lowest BCUT2D eigenvalue weighted by molar-refractivity contribution is -0.0356. The van der Waals surface area contributed by atoms with E-state index < -0.39 is 0 Å². The Labute approximate surface area is 180 Å². The minimum atomic E-state index is -0.125. The molecular weight excluding hydrogens is 372 g/mol. The summed E-state index contributed by atoms with van der Waals surface area (Å²) in [7, 11) is 1.74. The first-order valence-electron chi connectivity index (χ1n) is 11.6. The number of rotatable bonds is 4. The van der Waals surface area contributed by atoms with Crippen LogP contribution in [0.1, 0.15) is 62.1 Å². The van der Waals surface area contributed by atoms with E-state index in [9.17, 15) is 5.11 Å². The van der Waals surface area contributed by atoms with Crippen molar-refractivity contribution in [3.8, 4) is 11.5 Å². The lowest BCUT2D eigenvalue weighted by Crippen LogP contribution is -2.46. The average Bonchev–Trinajstić information content (AvgIpc) is 3.07. The van der Waals surface area contributed by atoms with E-state index in [-0.39, 0.29) is 11.5 Å². The number of fused-ring (bicyclic) bond motifs is 5. The highest BCUT2D eigenvalue weighted by Gasteiger charge is 2.56. The summed E-state index contributed by atoms with van der Waals surface area (Å²) in [4.78, 5) is 0. The third kappa shape index (κ3) is 3.13. The topological polar surface area (TPSA) is 38.7 Å². The van der Waals surface area contributed by atoms with Crippen molar-refractivity contribution < 1.29 is 14.6 Å². The fraction of sp³-hybridized carbons (Fsp3) is 0.556. The molecule has 3 heteroatoms. The van der Waals surface area contributed by atoms with E-state index in [0.29, 0.717) is 30.3 Å². The summed E-state index contributed by atoms with van der Waals surface area (Å²) in [6.07, 6.45) is 5.40. The molecule has 0 saturated heterocycles. The normalized spacial score (nSPS) is 34.6.